The standard InChI is InChI=1S/C22H29N3O4S/c1-22(2,3)24-21(28)19(16-9-6-5-7-10-16)25(12-13-29-4)18(26)15-23-20(27)17-11-8-14-30-17/h5-11,14,19H,12-13,15H2,1-4H3,(H,23,27)(H,24,28)/t19-/m1/s1. The Bertz CT molecular complexity index is 832. The molecule has 0 radical (unpaired) electrons. The molecule has 0 aliphatic carbocycles. The number of carbonyl (C=O) groups excluding carboxylic acids is 3. The van der Waals surface area contributed by atoms with Gasteiger partial charge in [0, 0.05) is 19.2 Å². The minimum atomic E-state index is -0.841. The molecule has 0 aliphatic heterocycles. The van der Waals surface area contributed by atoms with E-state index in [0.717, 1.165) is 0 Å². The first-order chi connectivity index (χ1) is 14.2. The van der Waals surface area contributed by atoms with Crippen molar-refractivity contribution in [3.8, 4) is 0 Å². The summed E-state index contributed by atoms with van der Waals surface area (Å²) in [5, 5.41) is 7.40. The molecule has 0 unspecified atom stereocenters. The molecule has 0 saturated carbocycles. The van der Waals surface area contributed by atoms with Crippen LogP contribution in [0.2, 0.25) is 0 Å². The molecule has 1 aromatic heterocycles. The van der Waals surface area contributed by atoms with Crippen LogP contribution < -0.4 is 10.6 Å². The summed E-state index contributed by atoms with van der Waals surface area (Å²) >= 11 is 1.30. The molecule has 7 nitrogen and oxygen atoms in total. The summed E-state index contributed by atoms with van der Waals surface area (Å²) in [5.41, 5.74) is 0.223. The molecular weight excluding hydrogens is 402 g/mol. The first kappa shape index (κ1) is 23.6. The van der Waals surface area contributed by atoms with Crippen LogP contribution in [0.4, 0.5) is 0 Å². The molecule has 30 heavy (non-hydrogen) atoms. The van der Waals surface area contributed by atoms with Crippen molar-refractivity contribution in [2.75, 3.05) is 26.8 Å². The average Bonchev–Trinajstić information content (AvgIpc) is 3.23. The molecule has 0 bridgehead atoms. The monoisotopic (exact) mass is 431 g/mol. The van der Waals surface area contributed by atoms with Crippen molar-refractivity contribution in [2.45, 2.75) is 32.4 Å². The molecule has 2 rings (SSSR count). The third-order valence-corrected chi connectivity index (χ3v) is 5.04. The van der Waals surface area contributed by atoms with Crippen molar-refractivity contribution >= 4 is 29.1 Å². The van der Waals surface area contributed by atoms with Gasteiger partial charge < -0.3 is 20.3 Å². The lowest BCUT2D eigenvalue weighted by atomic mass is 10.0. The third-order valence-electron chi connectivity index (χ3n) is 4.18. The van der Waals surface area contributed by atoms with Crippen molar-refractivity contribution in [1.29, 1.82) is 0 Å². The van der Waals surface area contributed by atoms with E-state index >= 15 is 0 Å². The van der Waals surface area contributed by atoms with E-state index in [9.17, 15) is 14.4 Å². The molecular formula is C22H29N3O4S. The third kappa shape index (κ3) is 6.96. The summed E-state index contributed by atoms with van der Waals surface area (Å²) in [6, 6.07) is 11.7. The number of rotatable bonds is 9. The van der Waals surface area contributed by atoms with Gasteiger partial charge >= 0.3 is 0 Å². The fraction of sp³-hybridized carbons (Fsp3) is 0.409. The van der Waals surface area contributed by atoms with E-state index in [-0.39, 0.29) is 37.4 Å². The van der Waals surface area contributed by atoms with Gasteiger partial charge in [-0.25, -0.2) is 0 Å². The van der Waals surface area contributed by atoms with Crippen molar-refractivity contribution < 1.29 is 19.1 Å². The highest BCUT2D eigenvalue weighted by Gasteiger charge is 2.33. The van der Waals surface area contributed by atoms with Crippen molar-refractivity contribution in [3.05, 3.63) is 58.3 Å². The Kier molecular flexibility index (Phi) is 8.56. The minimum absolute atomic E-state index is 0.210. The van der Waals surface area contributed by atoms with E-state index in [1.807, 2.05) is 51.1 Å². The lowest BCUT2D eigenvalue weighted by molar-refractivity contribution is -0.141. The zero-order chi connectivity index (χ0) is 22.1. The molecule has 2 aromatic rings. The molecule has 1 aromatic carbocycles. The number of nitrogens with zero attached hydrogens (tertiary/aromatic N) is 1. The van der Waals surface area contributed by atoms with Gasteiger partial charge in [0.05, 0.1) is 18.0 Å². The van der Waals surface area contributed by atoms with E-state index < -0.39 is 11.6 Å². The molecule has 0 aliphatic rings. The Morgan fingerprint density at radius 1 is 1.10 bits per heavy atom. The SMILES string of the molecule is COCCN(C(=O)CNC(=O)c1cccs1)[C@@H](C(=O)NC(C)(C)C)c1ccccc1. The van der Waals surface area contributed by atoms with Crippen LogP contribution in [0.15, 0.2) is 47.8 Å². The predicted octanol–water partition coefficient (Wildman–Crippen LogP) is 2.61. The molecule has 8 heteroatoms. The van der Waals surface area contributed by atoms with Gasteiger partial charge in [-0.05, 0) is 37.8 Å². The maximum atomic E-state index is 13.2. The summed E-state index contributed by atoms with van der Waals surface area (Å²) in [4.78, 5) is 40.5. The van der Waals surface area contributed by atoms with E-state index in [1.54, 1.807) is 17.5 Å². The second kappa shape index (κ2) is 10.9. The molecule has 3 amide bonds. The Morgan fingerprint density at radius 3 is 2.37 bits per heavy atom. The molecule has 1 heterocycles. The zero-order valence-corrected chi connectivity index (χ0v) is 18.6. The first-order valence-corrected chi connectivity index (χ1v) is 10.6. The molecule has 2 N–H and O–H groups in total. The largest absolute Gasteiger partial charge is 0.383 e. The maximum absolute atomic E-state index is 13.2. The van der Waals surface area contributed by atoms with Crippen LogP contribution in [0.3, 0.4) is 0 Å². The zero-order valence-electron chi connectivity index (χ0n) is 17.8. The lowest BCUT2D eigenvalue weighted by Crippen LogP contribution is -2.51. The van der Waals surface area contributed by atoms with Gasteiger partial charge in [-0.1, -0.05) is 36.4 Å². The van der Waals surface area contributed by atoms with Gasteiger partial charge in [0.1, 0.15) is 6.04 Å². The molecule has 0 saturated heterocycles. The number of benzene rings is 1. The topological polar surface area (TPSA) is 87.7 Å². The van der Waals surface area contributed by atoms with Gasteiger partial charge in [-0.3, -0.25) is 14.4 Å². The van der Waals surface area contributed by atoms with Crippen molar-refractivity contribution in [1.82, 2.24) is 15.5 Å². The summed E-state index contributed by atoms with van der Waals surface area (Å²) in [6.07, 6.45) is 0. The summed E-state index contributed by atoms with van der Waals surface area (Å²) < 4.78 is 5.16. The Hall–Kier alpha value is -2.71. The Morgan fingerprint density at radius 2 is 1.80 bits per heavy atom. The Balaban J connectivity index is 2.26. The maximum Gasteiger partial charge on any atom is 0.261 e. The Labute approximate surface area is 181 Å². The van der Waals surface area contributed by atoms with E-state index in [1.165, 1.54) is 23.3 Å². The van der Waals surface area contributed by atoms with Gasteiger partial charge in [0.2, 0.25) is 11.8 Å². The normalized spacial score (nSPS) is 12.1. The second-order valence-electron chi connectivity index (χ2n) is 7.79. The van der Waals surface area contributed by atoms with Gasteiger partial charge in [0.15, 0.2) is 0 Å². The molecule has 0 spiro atoms. The number of methoxy groups -OCH3 is 1. The van der Waals surface area contributed by atoms with Crippen LogP contribution in [0.1, 0.15) is 42.0 Å². The average molecular weight is 432 g/mol. The quantitative estimate of drug-likeness (QED) is 0.639. The highest BCUT2D eigenvalue weighted by Crippen LogP contribution is 2.22. The number of ether oxygens (including phenoxy) is 1. The number of thiophene rings is 1. The smallest absolute Gasteiger partial charge is 0.261 e. The fourth-order valence-corrected chi connectivity index (χ4v) is 3.53. The molecule has 162 valence electrons. The van der Waals surface area contributed by atoms with Crippen molar-refractivity contribution in [3.63, 3.8) is 0 Å². The molecule has 1 atom stereocenters. The predicted molar refractivity (Wildman–Crippen MR) is 117 cm³/mol. The fourth-order valence-electron chi connectivity index (χ4n) is 2.89. The summed E-state index contributed by atoms with van der Waals surface area (Å²) in [7, 11) is 1.54. The van der Waals surface area contributed by atoms with E-state index in [0.29, 0.717) is 10.4 Å². The second-order valence-corrected chi connectivity index (χ2v) is 8.74. The van der Waals surface area contributed by atoms with Gasteiger partial charge in [-0.15, -0.1) is 11.3 Å². The van der Waals surface area contributed by atoms with Gasteiger partial charge in [0.25, 0.3) is 5.91 Å². The first-order valence-electron chi connectivity index (χ1n) is 9.70. The lowest BCUT2D eigenvalue weighted by Gasteiger charge is -2.33. The van der Waals surface area contributed by atoms with Gasteiger partial charge in [-0.2, -0.15) is 0 Å². The van der Waals surface area contributed by atoms with E-state index in [4.69, 9.17) is 4.74 Å². The van der Waals surface area contributed by atoms with Crippen LogP contribution in [-0.4, -0.2) is 55.0 Å². The number of hydrogen-bond acceptors (Lipinski definition) is 5. The number of hydrogen-bond donors (Lipinski definition) is 2. The number of carbonyl (C=O) groups is 3. The van der Waals surface area contributed by atoms with Crippen LogP contribution in [0.25, 0.3) is 0 Å². The van der Waals surface area contributed by atoms with E-state index in [2.05, 4.69) is 10.6 Å². The van der Waals surface area contributed by atoms with Crippen LogP contribution in [0.5, 0.6) is 0 Å². The number of nitrogens with one attached hydrogen (secondary N) is 2. The van der Waals surface area contributed by atoms with Crippen LogP contribution >= 0.6 is 11.3 Å². The van der Waals surface area contributed by atoms with Crippen molar-refractivity contribution in [2.24, 2.45) is 0 Å². The highest BCUT2D eigenvalue weighted by atomic mass is 32.1. The summed E-state index contributed by atoms with van der Waals surface area (Å²) in [5.74, 6) is -0.974. The number of amides is 3. The highest BCUT2D eigenvalue weighted by molar-refractivity contribution is 7.12. The van der Waals surface area contributed by atoms with Crippen LogP contribution in [-0.2, 0) is 14.3 Å². The minimum Gasteiger partial charge on any atom is -0.383 e. The van der Waals surface area contributed by atoms with Crippen LogP contribution in [0, 0.1) is 0 Å². The summed E-state index contributed by atoms with van der Waals surface area (Å²) in [6.45, 7) is 5.91. The molecule has 0 fully saturated rings.